The van der Waals surface area contributed by atoms with E-state index in [4.69, 9.17) is 10.00 Å². The minimum absolute atomic E-state index is 0.304. The van der Waals surface area contributed by atoms with E-state index in [1.54, 1.807) is 12.1 Å². The van der Waals surface area contributed by atoms with Crippen LogP contribution < -0.4 is 0 Å². The normalized spacial score (nSPS) is 10.8. The Bertz CT molecular complexity index is 362. The summed E-state index contributed by atoms with van der Waals surface area (Å²) >= 11 is 0. The van der Waals surface area contributed by atoms with Crippen molar-refractivity contribution in [1.29, 1.82) is 5.26 Å². The Labute approximate surface area is 82.2 Å². The molecule has 1 aromatic rings. The van der Waals surface area contributed by atoms with Gasteiger partial charge in [0.05, 0.1) is 18.8 Å². The van der Waals surface area contributed by atoms with E-state index >= 15 is 0 Å². The number of nitriles is 1. The highest BCUT2D eigenvalue weighted by molar-refractivity contribution is 5.61. The Kier molecular flexibility index (Phi) is 3.69. The number of ether oxygens (including phenoxy) is 1. The highest BCUT2D eigenvalue weighted by Crippen LogP contribution is 2.15. The summed E-state index contributed by atoms with van der Waals surface area (Å²) in [6.07, 6.45) is 1.30. The summed E-state index contributed by atoms with van der Waals surface area (Å²) in [5.74, 6) is 0.163. The summed E-state index contributed by atoms with van der Waals surface area (Å²) in [6, 6.07) is 7.71. The third kappa shape index (κ3) is 2.60. The molecule has 0 radical (unpaired) electrons. The average molecular weight is 191 g/mol. The summed E-state index contributed by atoms with van der Waals surface area (Å²) in [6.45, 7) is 2.31. The largest absolute Gasteiger partial charge is 0.493 e. The highest BCUT2D eigenvalue weighted by atomic mass is 19.1. The summed E-state index contributed by atoms with van der Waals surface area (Å²) in [5.41, 5.74) is 0.704. The highest BCUT2D eigenvalue weighted by Gasteiger charge is 2.01. The van der Waals surface area contributed by atoms with Crippen molar-refractivity contribution in [2.45, 2.75) is 6.92 Å². The number of hydrogen-bond acceptors (Lipinski definition) is 2. The standard InChI is InChI=1S/C11H10FNO/c1-2-14-11(7-8-13)9-3-5-10(12)6-4-9/h3-7H,2H2,1H3/b11-7+. The van der Waals surface area contributed by atoms with E-state index in [0.717, 1.165) is 0 Å². The topological polar surface area (TPSA) is 33.0 Å². The number of hydrogen-bond donors (Lipinski definition) is 0. The Morgan fingerprint density at radius 1 is 1.50 bits per heavy atom. The van der Waals surface area contributed by atoms with Crippen LogP contribution in [-0.2, 0) is 4.74 Å². The van der Waals surface area contributed by atoms with E-state index in [-0.39, 0.29) is 5.82 Å². The van der Waals surface area contributed by atoms with Crippen LogP contribution in [0.25, 0.3) is 5.76 Å². The van der Waals surface area contributed by atoms with E-state index in [1.807, 2.05) is 13.0 Å². The number of rotatable bonds is 3. The second kappa shape index (κ2) is 5.03. The lowest BCUT2D eigenvalue weighted by Gasteiger charge is -2.06. The molecule has 0 unspecified atom stereocenters. The molecule has 0 saturated carbocycles. The molecular weight excluding hydrogens is 181 g/mol. The van der Waals surface area contributed by atoms with Crippen molar-refractivity contribution in [3.8, 4) is 6.07 Å². The predicted octanol–water partition coefficient (Wildman–Crippen LogP) is 2.73. The van der Waals surface area contributed by atoms with Crippen LogP contribution in [0.1, 0.15) is 12.5 Å². The Morgan fingerprint density at radius 2 is 2.14 bits per heavy atom. The van der Waals surface area contributed by atoms with Crippen molar-refractivity contribution < 1.29 is 9.13 Å². The molecule has 0 amide bonds. The van der Waals surface area contributed by atoms with Crippen LogP contribution in [0.4, 0.5) is 4.39 Å². The van der Waals surface area contributed by atoms with Gasteiger partial charge in [0.2, 0.25) is 0 Å². The molecule has 72 valence electrons. The molecule has 0 bridgehead atoms. The first-order chi connectivity index (χ1) is 6.77. The first-order valence-corrected chi connectivity index (χ1v) is 4.26. The fourth-order valence-electron chi connectivity index (χ4n) is 1.04. The van der Waals surface area contributed by atoms with E-state index < -0.39 is 0 Å². The summed E-state index contributed by atoms with van der Waals surface area (Å²) in [5, 5.41) is 8.50. The molecule has 1 rings (SSSR count). The van der Waals surface area contributed by atoms with Crippen molar-refractivity contribution in [1.82, 2.24) is 0 Å². The minimum atomic E-state index is -0.304. The van der Waals surface area contributed by atoms with Gasteiger partial charge in [0.25, 0.3) is 0 Å². The van der Waals surface area contributed by atoms with Gasteiger partial charge in [0.1, 0.15) is 11.6 Å². The zero-order valence-corrected chi connectivity index (χ0v) is 7.83. The van der Waals surface area contributed by atoms with Gasteiger partial charge in [-0.25, -0.2) is 4.39 Å². The Morgan fingerprint density at radius 3 is 2.64 bits per heavy atom. The van der Waals surface area contributed by atoms with Crippen LogP contribution in [-0.4, -0.2) is 6.61 Å². The molecule has 0 spiro atoms. The maximum atomic E-state index is 12.6. The molecule has 2 nitrogen and oxygen atoms in total. The van der Waals surface area contributed by atoms with Gasteiger partial charge in [-0.1, -0.05) is 0 Å². The van der Waals surface area contributed by atoms with Crippen molar-refractivity contribution >= 4 is 5.76 Å². The van der Waals surface area contributed by atoms with Gasteiger partial charge >= 0.3 is 0 Å². The van der Waals surface area contributed by atoms with Gasteiger partial charge in [0, 0.05) is 5.56 Å². The fraction of sp³-hybridized carbons (Fsp3) is 0.182. The molecule has 0 aliphatic heterocycles. The lowest BCUT2D eigenvalue weighted by Crippen LogP contribution is -1.91. The summed E-state index contributed by atoms with van der Waals surface area (Å²) < 4.78 is 17.8. The second-order valence-corrected chi connectivity index (χ2v) is 2.58. The molecule has 0 aromatic heterocycles. The van der Waals surface area contributed by atoms with E-state index in [0.29, 0.717) is 17.9 Å². The molecule has 3 heteroatoms. The smallest absolute Gasteiger partial charge is 0.136 e. The zero-order chi connectivity index (χ0) is 10.4. The maximum absolute atomic E-state index is 12.6. The fourth-order valence-corrected chi connectivity index (χ4v) is 1.04. The van der Waals surface area contributed by atoms with Crippen LogP contribution in [0.3, 0.4) is 0 Å². The number of benzene rings is 1. The van der Waals surface area contributed by atoms with Crippen LogP contribution in [0.15, 0.2) is 30.3 Å². The average Bonchev–Trinajstić information content (AvgIpc) is 2.19. The van der Waals surface area contributed by atoms with E-state index in [2.05, 4.69) is 0 Å². The molecule has 0 aliphatic carbocycles. The molecule has 0 fully saturated rings. The van der Waals surface area contributed by atoms with Crippen molar-refractivity contribution in [3.63, 3.8) is 0 Å². The molecular formula is C11H10FNO. The lowest BCUT2D eigenvalue weighted by atomic mass is 10.2. The van der Waals surface area contributed by atoms with Crippen molar-refractivity contribution in [2.24, 2.45) is 0 Å². The first-order valence-electron chi connectivity index (χ1n) is 4.26. The Hall–Kier alpha value is -1.82. The van der Waals surface area contributed by atoms with Crippen LogP contribution in [0.2, 0.25) is 0 Å². The van der Waals surface area contributed by atoms with Crippen molar-refractivity contribution in [3.05, 3.63) is 41.7 Å². The number of allylic oxidation sites excluding steroid dienone is 1. The summed E-state index contributed by atoms with van der Waals surface area (Å²) in [4.78, 5) is 0. The first kappa shape index (κ1) is 10.3. The van der Waals surface area contributed by atoms with Gasteiger partial charge in [-0.2, -0.15) is 5.26 Å². The molecule has 0 N–H and O–H groups in total. The third-order valence-electron chi connectivity index (χ3n) is 1.62. The van der Waals surface area contributed by atoms with Crippen LogP contribution in [0, 0.1) is 17.1 Å². The summed E-state index contributed by atoms with van der Waals surface area (Å²) in [7, 11) is 0. The SMILES string of the molecule is CCO/C(=C/C#N)c1ccc(F)cc1. The third-order valence-corrected chi connectivity index (χ3v) is 1.62. The van der Waals surface area contributed by atoms with Crippen molar-refractivity contribution in [2.75, 3.05) is 6.61 Å². The van der Waals surface area contributed by atoms with E-state index in [9.17, 15) is 4.39 Å². The second-order valence-electron chi connectivity index (χ2n) is 2.58. The van der Waals surface area contributed by atoms with Gasteiger partial charge in [-0.15, -0.1) is 0 Å². The molecule has 0 atom stereocenters. The van der Waals surface area contributed by atoms with Gasteiger partial charge < -0.3 is 4.74 Å². The van der Waals surface area contributed by atoms with Gasteiger partial charge in [-0.05, 0) is 31.2 Å². The monoisotopic (exact) mass is 191 g/mol. The quantitative estimate of drug-likeness (QED) is 0.543. The zero-order valence-electron chi connectivity index (χ0n) is 7.83. The molecule has 1 aromatic carbocycles. The minimum Gasteiger partial charge on any atom is -0.493 e. The number of halogens is 1. The molecule has 0 heterocycles. The molecule has 14 heavy (non-hydrogen) atoms. The maximum Gasteiger partial charge on any atom is 0.136 e. The lowest BCUT2D eigenvalue weighted by molar-refractivity contribution is 0.298. The van der Waals surface area contributed by atoms with E-state index in [1.165, 1.54) is 18.2 Å². The van der Waals surface area contributed by atoms with Gasteiger partial charge in [-0.3, -0.25) is 0 Å². The number of nitrogens with zero attached hydrogens (tertiary/aromatic N) is 1. The van der Waals surface area contributed by atoms with Crippen LogP contribution in [0.5, 0.6) is 0 Å². The van der Waals surface area contributed by atoms with Gasteiger partial charge in [0.15, 0.2) is 0 Å². The predicted molar refractivity (Wildman–Crippen MR) is 51.6 cm³/mol. The molecule has 0 saturated heterocycles. The Balaban J connectivity index is 2.95. The van der Waals surface area contributed by atoms with Crippen LogP contribution >= 0.6 is 0 Å². The molecule has 0 aliphatic rings.